The monoisotopic (exact) mass is 408 g/mol. The molecule has 0 bridgehead atoms. The molecule has 2 aromatic heterocycles. The van der Waals surface area contributed by atoms with Gasteiger partial charge < -0.3 is 14.0 Å². The molecular weight excluding hydrogens is 384 g/mol. The third kappa shape index (κ3) is 3.90. The molecular formula is C23H25ClN4O. The summed E-state index contributed by atoms with van der Waals surface area (Å²) in [6.07, 6.45) is 6.46. The van der Waals surface area contributed by atoms with E-state index in [1.54, 1.807) is 6.07 Å². The lowest BCUT2D eigenvalue weighted by Gasteiger charge is -2.33. The van der Waals surface area contributed by atoms with E-state index in [0.29, 0.717) is 29.6 Å². The van der Waals surface area contributed by atoms with E-state index in [2.05, 4.69) is 13.0 Å². The average Bonchev–Trinajstić information content (AvgIpc) is 3.33. The Balaban J connectivity index is 1.66. The van der Waals surface area contributed by atoms with Crippen molar-refractivity contribution in [2.24, 2.45) is 5.92 Å². The van der Waals surface area contributed by atoms with E-state index in [1.807, 2.05) is 56.8 Å². The number of hydrogen-bond donors (Lipinski definition) is 0. The lowest BCUT2D eigenvalue weighted by Crippen LogP contribution is -2.42. The van der Waals surface area contributed by atoms with Crippen LogP contribution in [0.4, 0.5) is 0 Å². The number of nitriles is 1. The number of halogens is 1. The molecule has 1 saturated heterocycles. The van der Waals surface area contributed by atoms with Crippen LogP contribution in [0.1, 0.15) is 37.9 Å². The maximum absolute atomic E-state index is 13.6. The van der Waals surface area contributed by atoms with Crippen LogP contribution in [0.5, 0.6) is 0 Å². The highest BCUT2D eigenvalue weighted by Gasteiger charge is 2.29. The number of likely N-dealkylation sites (tertiary alicyclic amines) is 1. The van der Waals surface area contributed by atoms with Gasteiger partial charge in [-0.05, 0) is 43.4 Å². The van der Waals surface area contributed by atoms with Crippen LogP contribution >= 0.6 is 11.6 Å². The Labute approximate surface area is 176 Å². The standard InChI is InChI=1S/C23H25ClN4O/c1-17-8-12-27(13-9-17)23(29)22(10-14-26-11-4-5-18(26)15-25)28-16-20(24)19-6-2-3-7-21(19)28/h2-7,11,16-17,22H,8-10,12-14H2,1H3. The van der Waals surface area contributed by atoms with Crippen LogP contribution in [0.3, 0.4) is 0 Å². The number of amides is 1. The molecule has 0 aliphatic carbocycles. The minimum atomic E-state index is -0.352. The Morgan fingerprint density at radius 2 is 2.00 bits per heavy atom. The van der Waals surface area contributed by atoms with Crippen molar-refractivity contribution >= 4 is 28.4 Å². The van der Waals surface area contributed by atoms with Crippen molar-refractivity contribution in [3.8, 4) is 6.07 Å². The lowest BCUT2D eigenvalue weighted by molar-refractivity contribution is -0.136. The zero-order valence-corrected chi connectivity index (χ0v) is 17.3. The van der Waals surface area contributed by atoms with E-state index in [4.69, 9.17) is 11.6 Å². The first-order valence-corrected chi connectivity index (χ1v) is 10.6. The molecule has 1 unspecified atom stereocenters. The van der Waals surface area contributed by atoms with Crippen LogP contribution in [-0.4, -0.2) is 33.0 Å². The largest absolute Gasteiger partial charge is 0.341 e. The second-order valence-corrected chi connectivity index (χ2v) is 8.32. The molecule has 1 aliphatic rings. The lowest BCUT2D eigenvalue weighted by atomic mass is 9.98. The van der Waals surface area contributed by atoms with Crippen molar-refractivity contribution in [3.05, 3.63) is 59.5 Å². The van der Waals surface area contributed by atoms with Gasteiger partial charge in [-0.25, -0.2) is 0 Å². The number of para-hydroxylation sites is 1. The maximum atomic E-state index is 13.6. The number of benzene rings is 1. The van der Waals surface area contributed by atoms with Gasteiger partial charge in [0.15, 0.2) is 0 Å². The third-order valence-corrected chi connectivity index (χ3v) is 6.30. The van der Waals surface area contributed by atoms with E-state index in [9.17, 15) is 10.1 Å². The summed E-state index contributed by atoms with van der Waals surface area (Å²) in [5.74, 6) is 0.803. The van der Waals surface area contributed by atoms with Crippen molar-refractivity contribution in [3.63, 3.8) is 0 Å². The van der Waals surface area contributed by atoms with Crippen LogP contribution in [0.25, 0.3) is 10.9 Å². The number of nitrogens with zero attached hydrogens (tertiary/aromatic N) is 4. The third-order valence-electron chi connectivity index (χ3n) is 6.00. The van der Waals surface area contributed by atoms with Gasteiger partial charge in [0.05, 0.1) is 10.5 Å². The predicted octanol–water partition coefficient (Wildman–Crippen LogP) is 4.86. The van der Waals surface area contributed by atoms with E-state index in [-0.39, 0.29) is 11.9 Å². The highest BCUT2D eigenvalue weighted by molar-refractivity contribution is 6.35. The molecule has 1 atom stereocenters. The molecule has 5 nitrogen and oxygen atoms in total. The van der Waals surface area contributed by atoms with E-state index in [1.165, 1.54) is 0 Å². The number of rotatable bonds is 5. The van der Waals surface area contributed by atoms with E-state index in [0.717, 1.165) is 36.8 Å². The molecule has 1 aromatic carbocycles. The Morgan fingerprint density at radius 3 is 2.76 bits per heavy atom. The minimum Gasteiger partial charge on any atom is -0.341 e. The molecule has 29 heavy (non-hydrogen) atoms. The van der Waals surface area contributed by atoms with Gasteiger partial charge in [0.25, 0.3) is 0 Å². The topological polar surface area (TPSA) is 54.0 Å². The zero-order chi connectivity index (χ0) is 20.4. The van der Waals surface area contributed by atoms with Gasteiger partial charge in [-0.1, -0.05) is 36.7 Å². The van der Waals surface area contributed by atoms with Crippen molar-refractivity contribution in [1.82, 2.24) is 14.0 Å². The van der Waals surface area contributed by atoms with Crippen molar-refractivity contribution in [2.75, 3.05) is 13.1 Å². The van der Waals surface area contributed by atoms with Gasteiger partial charge in [0, 0.05) is 37.4 Å². The minimum absolute atomic E-state index is 0.139. The summed E-state index contributed by atoms with van der Waals surface area (Å²) in [4.78, 5) is 15.6. The molecule has 150 valence electrons. The SMILES string of the molecule is CC1CCN(C(=O)C(CCn2cccc2C#N)n2cc(Cl)c3ccccc32)CC1. The fourth-order valence-corrected chi connectivity index (χ4v) is 4.48. The molecule has 0 spiro atoms. The zero-order valence-electron chi connectivity index (χ0n) is 16.6. The van der Waals surface area contributed by atoms with Gasteiger partial charge in [0.2, 0.25) is 5.91 Å². The summed E-state index contributed by atoms with van der Waals surface area (Å²) in [5, 5.41) is 10.9. The summed E-state index contributed by atoms with van der Waals surface area (Å²) < 4.78 is 3.93. The first-order valence-electron chi connectivity index (χ1n) is 10.2. The molecule has 3 aromatic rings. The van der Waals surface area contributed by atoms with Crippen molar-refractivity contribution < 1.29 is 4.79 Å². The van der Waals surface area contributed by atoms with Gasteiger partial charge in [-0.2, -0.15) is 5.26 Å². The van der Waals surface area contributed by atoms with Gasteiger partial charge in [-0.3, -0.25) is 4.79 Å². The second kappa shape index (κ2) is 8.34. The van der Waals surface area contributed by atoms with Crippen LogP contribution in [-0.2, 0) is 11.3 Å². The Morgan fingerprint density at radius 1 is 1.24 bits per heavy atom. The highest BCUT2D eigenvalue weighted by atomic mass is 35.5. The van der Waals surface area contributed by atoms with E-state index < -0.39 is 0 Å². The van der Waals surface area contributed by atoms with Gasteiger partial charge in [0.1, 0.15) is 17.8 Å². The van der Waals surface area contributed by atoms with Gasteiger partial charge in [-0.15, -0.1) is 0 Å². The molecule has 1 aliphatic heterocycles. The number of fused-ring (bicyclic) bond motifs is 1. The van der Waals surface area contributed by atoms with Gasteiger partial charge >= 0.3 is 0 Å². The van der Waals surface area contributed by atoms with Crippen molar-refractivity contribution in [1.29, 1.82) is 5.26 Å². The normalized spacial score (nSPS) is 16.1. The molecule has 0 N–H and O–H groups in total. The fourth-order valence-electron chi connectivity index (χ4n) is 4.21. The average molecular weight is 409 g/mol. The fraction of sp³-hybridized carbons (Fsp3) is 0.391. The van der Waals surface area contributed by atoms with Crippen LogP contribution in [0.15, 0.2) is 48.8 Å². The van der Waals surface area contributed by atoms with Crippen LogP contribution in [0, 0.1) is 17.2 Å². The summed E-state index contributed by atoms with van der Waals surface area (Å²) in [5.41, 5.74) is 1.58. The summed E-state index contributed by atoms with van der Waals surface area (Å²) in [6.45, 7) is 4.45. The number of aromatic nitrogens is 2. The molecule has 0 saturated carbocycles. The Bertz CT molecular complexity index is 1050. The molecule has 1 fully saturated rings. The number of hydrogen-bond acceptors (Lipinski definition) is 2. The molecule has 3 heterocycles. The number of carbonyl (C=O) groups is 1. The molecule has 0 radical (unpaired) electrons. The number of piperidine rings is 1. The second-order valence-electron chi connectivity index (χ2n) is 7.91. The molecule has 4 rings (SSSR count). The maximum Gasteiger partial charge on any atom is 0.245 e. The molecule has 6 heteroatoms. The van der Waals surface area contributed by atoms with Crippen LogP contribution < -0.4 is 0 Å². The smallest absolute Gasteiger partial charge is 0.245 e. The highest BCUT2D eigenvalue weighted by Crippen LogP contribution is 2.31. The Hall–Kier alpha value is -2.71. The summed E-state index contributed by atoms with van der Waals surface area (Å²) in [7, 11) is 0. The first kappa shape index (κ1) is 19.6. The predicted molar refractivity (Wildman–Crippen MR) is 115 cm³/mol. The van der Waals surface area contributed by atoms with Crippen molar-refractivity contribution in [2.45, 2.75) is 38.8 Å². The summed E-state index contributed by atoms with van der Waals surface area (Å²) in [6, 6.07) is 13.4. The quantitative estimate of drug-likeness (QED) is 0.605. The summed E-state index contributed by atoms with van der Waals surface area (Å²) >= 11 is 6.48. The number of carbonyl (C=O) groups excluding carboxylic acids is 1. The number of aryl methyl sites for hydroxylation is 1. The first-order chi connectivity index (χ1) is 14.1. The molecule has 1 amide bonds. The Kier molecular flexibility index (Phi) is 5.64. The van der Waals surface area contributed by atoms with Crippen LogP contribution in [0.2, 0.25) is 5.02 Å². The van der Waals surface area contributed by atoms with E-state index >= 15 is 0 Å².